The predicted molar refractivity (Wildman–Crippen MR) is 129 cm³/mol. The lowest BCUT2D eigenvalue weighted by molar-refractivity contribution is -0.116. The highest BCUT2D eigenvalue weighted by Gasteiger charge is 2.23. The van der Waals surface area contributed by atoms with Gasteiger partial charge in [0.15, 0.2) is 5.13 Å². The Balaban J connectivity index is 1.73. The number of hydrogen-bond donors (Lipinski definition) is 1. The van der Waals surface area contributed by atoms with E-state index >= 15 is 0 Å². The molecule has 0 saturated carbocycles. The summed E-state index contributed by atoms with van der Waals surface area (Å²) in [6, 6.07) is 4.99. The van der Waals surface area contributed by atoms with Crippen LogP contribution >= 0.6 is 11.3 Å². The summed E-state index contributed by atoms with van der Waals surface area (Å²) >= 11 is 1.42. The SMILES string of the molecule is CCN(CC)S(=O)(=O)c1ccc2c(c1)nc(CCC(=O)Nc1nc(C(C)(C)C)cs1)n2C. The van der Waals surface area contributed by atoms with E-state index in [1.165, 1.54) is 15.6 Å². The third-order valence-electron chi connectivity index (χ3n) is 5.38. The molecule has 1 aromatic carbocycles. The second-order valence-electron chi connectivity index (χ2n) is 8.66. The van der Waals surface area contributed by atoms with Crippen LogP contribution in [0.2, 0.25) is 0 Å². The van der Waals surface area contributed by atoms with E-state index < -0.39 is 10.0 Å². The number of nitrogens with zero attached hydrogens (tertiary/aromatic N) is 4. The van der Waals surface area contributed by atoms with E-state index in [1.807, 2.05) is 30.8 Å². The molecule has 3 aromatic rings. The average Bonchev–Trinajstić information content (AvgIpc) is 3.31. The molecular formula is C22H31N5O3S2. The molecule has 32 heavy (non-hydrogen) atoms. The molecular weight excluding hydrogens is 446 g/mol. The molecule has 0 radical (unpaired) electrons. The van der Waals surface area contributed by atoms with Crippen LogP contribution in [0.5, 0.6) is 0 Å². The predicted octanol–water partition coefficient (Wildman–Crippen LogP) is 3.93. The Hall–Kier alpha value is -2.30. The number of carbonyl (C=O) groups is 1. The Labute approximate surface area is 193 Å². The fraction of sp³-hybridized carbons (Fsp3) is 0.500. The van der Waals surface area contributed by atoms with Crippen molar-refractivity contribution in [1.82, 2.24) is 18.8 Å². The number of nitrogens with one attached hydrogen (secondary N) is 1. The Kier molecular flexibility index (Phi) is 7.06. The molecule has 1 amide bonds. The van der Waals surface area contributed by atoms with Crippen molar-refractivity contribution in [1.29, 1.82) is 0 Å². The zero-order valence-corrected chi connectivity index (χ0v) is 21.1. The van der Waals surface area contributed by atoms with Gasteiger partial charge in [0.25, 0.3) is 0 Å². The van der Waals surface area contributed by atoms with Crippen LogP contribution in [0.4, 0.5) is 5.13 Å². The maximum atomic E-state index is 12.8. The molecule has 0 atom stereocenters. The van der Waals surface area contributed by atoms with Gasteiger partial charge in [-0.1, -0.05) is 34.6 Å². The lowest BCUT2D eigenvalue weighted by Gasteiger charge is -2.18. The average molecular weight is 478 g/mol. The summed E-state index contributed by atoms with van der Waals surface area (Å²) in [7, 11) is -1.68. The Morgan fingerprint density at radius 1 is 1.19 bits per heavy atom. The largest absolute Gasteiger partial charge is 0.331 e. The smallest absolute Gasteiger partial charge is 0.243 e. The van der Waals surface area contributed by atoms with Gasteiger partial charge in [0.1, 0.15) is 5.82 Å². The van der Waals surface area contributed by atoms with Crippen molar-refractivity contribution < 1.29 is 13.2 Å². The maximum absolute atomic E-state index is 12.8. The van der Waals surface area contributed by atoms with E-state index in [9.17, 15) is 13.2 Å². The summed E-state index contributed by atoms with van der Waals surface area (Å²) in [4.78, 5) is 21.8. The van der Waals surface area contributed by atoms with Gasteiger partial charge in [-0.25, -0.2) is 18.4 Å². The van der Waals surface area contributed by atoms with Crippen molar-refractivity contribution >= 4 is 43.4 Å². The van der Waals surface area contributed by atoms with Gasteiger partial charge in [-0.15, -0.1) is 11.3 Å². The maximum Gasteiger partial charge on any atom is 0.243 e. The minimum atomic E-state index is -3.55. The van der Waals surface area contributed by atoms with Gasteiger partial charge in [-0.05, 0) is 18.2 Å². The second kappa shape index (κ2) is 9.29. The quantitative estimate of drug-likeness (QED) is 0.530. The molecule has 0 unspecified atom stereocenters. The highest BCUT2D eigenvalue weighted by Crippen LogP contribution is 2.27. The van der Waals surface area contributed by atoms with Crippen LogP contribution in [0.15, 0.2) is 28.5 Å². The Morgan fingerprint density at radius 2 is 1.88 bits per heavy atom. The minimum absolute atomic E-state index is 0.0653. The van der Waals surface area contributed by atoms with Crippen LogP contribution in [0.25, 0.3) is 11.0 Å². The Bertz CT molecular complexity index is 1220. The van der Waals surface area contributed by atoms with E-state index in [2.05, 4.69) is 36.1 Å². The molecule has 0 fully saturated rings. The topological polar surface area (TPSA) is 97.2 Å². The number of aromatic nitrogens is 3. The third-order valence-corrected chi connectivity index (χ3v) is 8.19. The van der Waals surface area contributed by atoms with Crippen molar-refractivity contribution in [2.45, 2.75) is 57.8 Å². The van der Waals surface area contributed by atoms with Gasteiger partial charge in [-0.2, -0.15) is 4.31 Å². The monoisotopic (exact) mass is 477 g/mol. The minimum Gasteiger partial charge on any atom is -0.331 e. The standard InChI is InChI=1S/C22H31N5O3S2/c1-7-27(8-2)32(29,30)15-9-10-17-16(13-15)23-19(26(17)6)11-12-20(28)25-21-24-18(14-31-21)22(3,4)5/h9-10,13-14H,7-8,11-12H2,1-6H3,(H,24,25,28). The first kappa shape index (κ1) is 24.3. The number of imidazole rings is 1. The van der Waals surface area contributed by atoms with Crippen LogP contribution < -0.4 is 5.32 Å². The molecule has 0 aliphatic carbocycles. The number of fused-ring (bicyclic) bond motifs is 1. The number of thiazole rings is 1. The van der Waals surface area contributed by atoms with E-state index in [-0.39, 0.29) is 22.6 Å². The molecule has 0 spiro atoms. The molecule has 174 valence electrons. The fourth-order valence-corrected chi connectivity index (χ4v) is 5.84. The normalized spacial score (nSPS) is 12.6. The number of aryl methyl sites for hydroxylation is 2. The molecule has 10 heteroatoms. The van der Waals surface area contributed by atoms with Gasteiger partial charge >= 0.3 is 0 Å². The van der Waals surface area contributed by atoms with Gasteiger partial charge in [0.2, 0.25) is 15.9 Å². The summed E-state index contributed by atoms with van der Waals surface area (Å²) in [5.74, 6) is 0.596. The number of amides is 1. The van der Waals surface area contributed by atoms with Crippen molar-refractivity contribution in [3.05, 3.63) is 35.1 Å². The van der Waals surface area contributed by atoms with Crippen LogP contribution in [-0.4, -0.2) is 46.3 Å². The molecule has 2 heterocycles. The molecule has 0 aliphatic heterocycles. The zero-order valence-electron chi connectivity index (χ0n) is 19.5. The summed E-state index contributed by atoms with van der Waals surface area (Å²) in [6.07, 6.45) is 0.693. The molecule has 0 saturated heterocycles. The van der Waals surface area contributed by atoms with Gasteiger partial charge < -0.3 is 9.88 Å². The lowest BCUT2D eigenvalue weighted by Crippen LogP contribution is -2.30. The van der Waals surface area contributed by atoms with Crippen molar-refractivity contribution in [3.8, 4) is 0 Å². The number of benzene rings is 1. The fourth-order valence-electron chi connectivity index (χ4n) is 3.41. The number of hydrogen-bond acceptors (Lipinski definition) is 6. The molecule has 0 bridgehead atoms. The van der Waals surface area contributed by atoms with Gasteiger partial charge in [0.05, 0.1) is 21.6 Å². The number of anilines is 1. The molecule has 8 nitrogen and oxygen atoms in total. The third kappa shape index (κ3) is 5.02. The molecule has 1 N–H and O–H groups in total. The second-order valence-corrected chi connectivity index (χ2v) is 11.5. The number of carbonyl (C=O) groups excluding carboxylic acids is 1. The van der Waals surface area contributed by atoms with Crippen molar-refractivity contribution in [2.24, 2.45) is 7.05 Å². The molecule has 2 aromatic heterocycles. The number of rotatable bonds is 8. The van der Waals surface area contributed by atoms with Crippen LogP contribution in [0.1, 0.15) is 52.6 Å². The summed E-state index contributed by atoms with van der Waals surface area (Å²) in [5.41, 5.74) is 2.31. The summed E-state index contributed by atoms with van der Waals surface area (Å²) in [5, 5.41) is 5.42. The summed E-state index contributed by atoms with van der Waals surface area (Å²) < 4.78 is 29.0. The summed E-state index contributed by atoms with van der Waals surface area (Å²) in [6.45, 7) is 10.7. The van der Waals surface area contributed by atoms with Crippen LogP contribution in [-0.2, 0) is 33.7 Å². The first-order chi connectivity index (χ1) is 15.0. The van der Waals surface area contributed by atoms with E-state index in [0.29, 0.717) is 30.2 Å². The van der Waals surface area contributed by atoms with Crippen LogP contribution in [0.3, 0.4) is 0 Å². The van der Waals surface area contributed by atoms with Gasteiger partial charge in [-0.3, -0.25) is 4.79 Å². The van der Waals surface area contributed by atoms with E-state index in [4.69, 9.17) is 0 Å². The van der Waals surface area contributed by atoms with Gasteiger partial charge in [0, 0.05) is 43.8 Å². The van der Waals surface area contributed by atoms with Crippen molar-refractivity contribution in [2.75, 3.05) is 18.4 Å². The van der Waals surface area contributed by atoms with E-state index in [1.54, 1.807) is 18.2 Å². The first-order valence-electron chi connectivity index (χ1n) is 10.7. The number of sulfonamides is 1. The highest BCUT2D eigenvalue weighted by atomic mass is 32.2. The van der Waals surface area contributed by atoms with Crippen molar-refractivity contribution in [3.63, 3.8) is 0 Å². The molecule has 0 aliphatic rings. The van der Waals surface area contributed by atoms with Crippen LogP contribution in [0, 0.1) is 0 Å². The first-order valence-corrected chi connectivity index (χ1v) is 13.0. The highest BCUT2D eigenvalue weighted by molar-refractivity contribution is 7.89. The molecule has 3 rings (SSSR count). The van der Waals surface area contributed by atoms with E-state index in [0.717, 1.165) is 17.0 Å². The lowest BCUT2D eigenvalue weighted by atomic mass is 9.93. The zero-order chi connectivity index (χ0) is 23.7. The Morgan fingerprint density at radius 3 is 2.47 bits per heavy atom.